The number of thioether (sulfide) groups is 1. The summed E-state index contributed by atoms with van der Waals surface area (Å²) in [6.07, 6.45) is 0.518. The first-order chi connectivity index (χ1) is 4.68. The molecule has 0 atom stereocenters. The zero-order valence-corrected chi connectivity index (χ0v) is 6.31. The van der Waals surface area contributed by atoms with Gasteiger partial charge >= 0.3 is 0 Å². The van der Waals surface area contributed by atoms with Gasteiger partial charge in [-0.25, -0.2) is 0 Å². The van der Waals surface area contributed by atoms with Crippen molar-refractivity contribution in [2.75, 3.05) is 0 Å². The lowest BCUT2D eigenvalue weighted by Gasteiger charge is -1.90. The van der Waals surface area contributed by atoms with Gasteiger partial charge in [-0.15, -0.1) is 10.2 Å². The number of amidine groups is 1. The number of carbonyl (C=O) groups is 1. The zero-order chi connectivity index (χ0) is 7.56. The van der Waals surface area contributed by atoms with Crippen molar-refractivity contribution in [3.63, 3.8) is 0 Å². The molecule has 0 aromatic heterocycles. The fraction of sp³-hybridized carbons (Fsp3) is 0.400. The summed E-state index contributed by atoms with van der Waals surface area (Å²) >= 11 is 1.08. The lowest BCUT2D eigenvalue weighted by Crippen LogP contribution is -2.10. The third kappa shape index (κ3) is 1.84. The first kappa shape index (κ1) is 7.27. The summed E-state index contributed by atoms with van der Waals surface area (Å²) < 4.78 is 0. The predicted molar refractivity (Wildman–Crippen MR) is 41.9 cm³/mol. The Balaban J connectivity index is 2.43. The van der Waals surface area contributed by atoms with Crippen LogP contribution in [-0.2, 0) is 4.79 Å². The Morgan fingerprint density at radius 3 is 2.80 bits per heavy atom. The van der Waals surface area contributed by atoms with E-state index in [0.29, 0.717) is 17.3 Å². The molecule has 2 N–H and O–H groups in total. The Morgan fingerprint density at radius 2 is 2.40 bits per heavy atom. The van der Waals surface area contributed by atoms with Crippen LogP contribution in [0.15, 0.2) is 10.2 Å². The van der Waals surface area contributed by atoms with E-state index in [0.717, 1.165) is 11.8 Å². The molecule has 0 saturated heterocycles. The van der Waals surface area contributed by atoms with Crippen LogP contribution in [0.5, 0.6) is 0 Å². The quantitative estimate of drug-likeness (QED) is 0.551. The van der Waals surface area contributed by atoms with Crippen molar-refractivity contribution in [3.05, 3.63) is 0 Å². The summed E-state index contributed by atoms with van der Waals surface area (Å²) in [4.78, 5) is 10.5. The van der Waals surface area contributed by atoms with Gasteiger partial charge in [-0.05, 0) is 11.8 Å². The van der Waals surface area contributed by atoms with Gasteiger partial charge in [0.25, 0.3) is 0 Å². The van der Waals surface area contributed by atoms with Crippen molar-refractivity contribution in [2.24, 2.45) is 15.9 Å². The lowest BCUT2D eigenvalue weighted by atomic mass is 10.4. The Kier molecular flexibility index (Phi) is 2.06. The molecular weight excluding hydrogens is 150 g/mol. The third-order valence-corrected chi connectivity index (χ3v) is 1.63. The topological polar surface area (TPSA) is 67.8 Å². The number of hydrogen-bond acceptors (Lipinski definition) is 5. The second-order valence-electron chi connectivity index (χ2n) is 1.86. The van der Waals surface area contributed by atoms with Gasteiger partial charge in [0.15, 0.2) is 5.12 Å². The van der Waals surface area contributed by atoms with E-state index in [2.05, 4.69) is 10.2 Å². The SMILES string of the molecule is CC(=O)SC1=NN=C(N)C1. The zero-order valence-electron chi connectivity index (χ0n) is 5.50. The molecule has 1 rings (SSSR count). The molecule has 0 aliphatic carbocycles. The highest BCUT2D eigenvalue weighted by molar-refractivity contribution is 8.26. The van der Waals surface area contributed by atoms with Crippen molar-refractivity contribution in [2.45, 2.75) is 13.3 Å². The predicted octanol–water partition coefficient (Wildman–Crippen LogP) is 0.341. The van der Waals surface area contributed by atoms with Crippen molar-refractivity contribution < 1.29 is 4.79 Å². The number of nitrogens with two attached hydrogens (primary N) is 1. The van der Waals surface area contributed by atoms with Crippen molar-refractivity contribution >= 4 is 27.8 Å². The number of hydrogen-bond donors (Lipinski definition) is 1. The maximum atomic E-state index is 10.5. The largest absolute Gasteiger partial charge is 0.385 e. The van der Waals surface area contributed by atoms with Crippen LogP contribution in [-0.4, -0.2) is 16.0 Å². The van der Waals surface area contributed by atoms with E-state index in [4.69, 9.17) is 5.73 Å². The van der Waals surface area contributed by atoms with Crippen LogP contribution in [0.25, 0.3) is 0 Å². The molecule has 0 fully saturated rings. The Labute approximate surface area is 62.6 Å². The summed E-state index contributed by atoms with van der Waals surface area (Å²) in [5.41, 5.74) is 5.31. The molecule has 0 unspecified atom stereocenters. The number of rotatable bonds is 0. The Hall–Kier alpha value is -0.840. The molecule has 1 heterocycles. The van der Waals surface area contributed by atoms with E-state index >= 15 is 0 Å². The summed E-state index contributed by atoms with van der Waals surface area (Å²) in [7, 11) is 0. The van der Waals surface area contributed by atoms with Gasteiger partial charge in [-0.1, -0.05) is 0 Å². The van der Waals surface area contributed by atoms with Crippen LogP contribution >= 0.6 is 11.8 Å². The van der Waals surface area contributed by atoms with E-state index in [-0.39, 0.29) is 5.12 Å². The van der Waals surface area contributed by atoms with Crippen molar-refractivity contribution in [1.29, 1.82) is 0 Å². The molecule has 0 radical (unpaired) electrons. The second-order valence-corrected chi connectivity index (χ2v) is 3.11. The normalized spacial score (nSPS) is 16.5. The molecular formula is C5H7N3OS. The van der Waals surface area contributed by atoms with E-state index < -0.39 is 0 Å². The first-order valence-electron chi connectivity index (χ1n) is 2.76. The highest BCUT2D eigenvalue weighted by Crippen LogP contribution is 2.12. The van der Waals surface area contributed by atoms with Crippen molar-refractivity contribution in [3.8, 4) is 0 Å². The standard InChI is InChI=1S/C5H7N3OS/c1-3(9)10-5-2-4(6)7-8-5/h2H2,1H3,(H2,6,7). The summed E-state index contributed by atoms with van der Waals surface area (Å²) in [5, 5.41) is 7.96. The smallest absolute Gasteiger partial charge is 0.191 e. The van der Waals surface area contributed by atoms with Gasteiger partial charge in [0.05, 0.1) is 6.42 Å². The Bertz CT molecular complexity index is 221. The van der Waals surface area contributed by atoms with Gasteiger partial charge in [-0.2, -0.15) is 0 Å². The maximum absolute atomic E-state index is 10.5. The van der Waals surface area contributed by atoms with Gasteiger partial charge in [0, 0.05) is 6.92 Å². The molecule has 0 saturated carbocycles. The minimum Gasteiger partial charge on any atom is -0.385 e. The molecule has 54 valence electrons. The van der Waals surface area contributed by atoms with E-state index in [1.54, 1.807) is 0 Å². The van der Waals surface area contributed by atoms with Crippen LogP contribution in [0.4, 0.5) is 0 Å². The third-order valence-electron chi connectivity index (χ3n) is 0.884. The van der Waals surface area contributed by atoms with Crippen LogP contribution in [0.1, 0.15) is 13.3 Å². The van der Waals surface area contributed by atoms with E-state index in [1.807, 2.05) is 0 Å². The number of nitrogens with zero attached hydrogens (tertiary/aromatic N) is 2. The fourth-order valence-electron chi connectivity index (χ4n) is 0.568. The van der Waals surface area contributed by atoms with Gasteiger partial charge in [0.1, 0.15) is 10.9 Å². The Morgan fingerprint density at radius 1 is 1.70 bits per heavy atom. The van der Waals surface area contributed by atoms with Gasteiger partial charge in [-0.3, -0.25) is 4.79 Å². The highest BCUT2D eigenvalue weighted by atomic mass is 32.2. The van der Waals surface area contributed by atoms with Gasteiger partial charge < -0.3 is 5.73 Å². The molecule has 0 aromatic rings. The lowest BCUT2D eigenvalue weighted by molar-refractivity contribution is -0.109. The summed E-state index contributed by atoms with van der Waals surface area (Å²) in [6, 6.07) is 0. The number of carbonyl (C=O) groups excluding carboxylic acids is 1. The average molecular weight is 157 g/mol. The molecule has 10 heavy (non-hydrogen) atoms. The van der Waals surface area contributed by atoms with Crippen LogP contribution in [0.3, 0.4) is 0 Å². The van der Waals surface area contributed by atoms with E-state index in [1.165, 1.54) is 6.92 Å². The monoisotopic (exact) mass is 157 g/mol. The second kappa shape index (κ2) is 2.83. The molecule has 0 amide bonds. The molecule has 5 heteroatoms. The highest BCUT2D eigenvalue weighted by Gasteiger charge is 2.11. The molecule has 1 aliphatic heterocycles. The van der Waals surface area contributed by atoms with Crippen LogP contribution in [0, 0.1) is 0 Å². The molecule has 0 aromatic carbocycles. The van der Waals surface area contributed by atoms with Crippen molar-refractivity contribution in [1.82, 2.24) is 0 Å². The minimum atomic E-state index is 0.0173. The molecule has 1 aliphatic rings. The first-order valence-corrected chi connectivity index (χ1v) is 3.57. The molecule has 0 bridgehead atoms. The van der Waals surface area contributed by atoms with E-state index in [9.17, 15) is 4.79 Å². The maximum Gasteiger partial charge on any atom is 0.191 e. The van der Waals surface area contributed by atoms with Crippen LogP contribution in [0.2, 0.25) is 0 Å². The van der Waals surface area contributed by atoms with Gasteiger partial charge in [0.2, 0.25) is 0 Å². The molecule has 4 nitrogen and oxygen atoms in total. The minimum absolute atomic E-state index is 0.0173. The fourth-order valence-corrected chi connectivity index (χ4v) is 1.20. The average Bonchev–Trinajstić information content (AvgIpc) is 2.13. The van der Waals surface area contributed by atoms with Crippen LogP contribution < -0.4 is 5.73 Å². The summed E-state index contributed by atoms with van der Waals surface area (Å²) in [5.74, 6) is 0.476. The summed E-state index contributed by atoms with van der Waals surface area (Å²) in [6.45, 7) is 1.49. The molecule has 0 spiro atoms.